The van der Waals surface area contributed by atoms with Gasteiger partial charge in [-0.2, -0.15) is 0 Å². The Bertz CT molecular complexity index is 756. The van der Waals surface area contributed by atoms with Gasteiger partial charge in [-0.05, 0) is 62.3 Å². The van der Waals surface area contributed by atoms with Gasteiger partial charge >= 0.3 is 6.03 Å². The highest BCUT2D eigenvalue weighted by Crippen LogP contribution is 2.46. The number of benzene rings is 1. The maximum absolute atomic E-state index is 11.7. The largest absolute Gasteiger partial charge is 0.493 e. The van der Waals surface area contributed by atoms with Crippen molar-refractivity contribution in [1.29, 1.82) is 0 Å². The van der Waals surface area contributed by atoms with Crippen LogP contribution in [0.15, 0.2) is 36.4 Å². The predicted octanol–water partition coefficient (Wildman–Crippen LogP) is 3.97. The van der Waals surface area contributed by atoms with Crippen LogP contribution in [0, 0.1) is 5.92 Å². The van der Waals surface area contributed by atoms with Gasteiger partial charge in [0.1, 0.15) is 5.75 Å². The van der Waals surface area contributed by atoms with Crippen molar-refractivity contribution in [3.8, 4) is 5.75 Å². The van der Waals surface area contributed by atoms with Crippen LogP contribution in [-0.4, -0.2) is 43.1 Å². The number of nitrogens with zero attached hydrogens (tertiary/aromatic N) is 1. The van der Waals surface area contributed by atoms with E-state index >= 15 is 0 Å². The Morgan fingerprint density at radius 3 is 2.80 bits per heavy atom. The predicted molar refractivity (Wildman–Crippen MR) is 118 cm³/mol. The van der Waals surface area contributed by atoms with Crippen LogP contribution in [0.3, 0.4) is 0 Å². The lowest BCUT2D eigenvalue weighted by Crippen LogP contribution is -2.49. The third kappa shape index (κ3) is 6.59. The number of amides is 3. The average Bonchev–Trinajstić information content (AvgIpc) is 3.51. The summed E-state index contributed by atoms with van der Waals surface area (Å²) in [4.78, 5) is 24.5. The molecule has 1 aromatic carbocycles. The molecular formula is C24H35N3O3. The van der Waals surface area contributed by atoms with Crippen molar-refractivity contribution in [3.63, 3.8) is 0 Å². The molecule has 2 N–H and O–H groups in total. The van der Waals surface area contributed by atoms with Gasteiger partial charge in [0, 0.05) is 25.0 Å². The van der Waals surface area contributed by atoms with Gasteiger partial charge in [0.05, 0.1) is 6.61 Å². The number of rotatable bonds is 12. The van der Waals surface area contributed by atoms with Gasteiger partial charge in [-0.1, -0.05) is 38.1 Å². The molecule has 2 aliphatic rings. The first kappa shape index (κ1) is 22.3. The number of urea groups is 1. The molecule has 1 aliphatic heterocycles. The minimum atomic E-state index is -0.284. The fraction of sp³-hybridized carbons (Fsp3) is 0.583. The van der Waals surface area contributed by atoms with E-state index in [2.05, 4.69) is 48.8 Å². The van der Waals surface area contributed by atoms with Gasteiger partial charge in [-0.15, -0.1) is 0 Å². The number of hydrogen-bond donors (Lipinski definition) is 2. The number of carbonyl (C=O) groups is 2. The van der Waals surface area contributed by atoms with Crippen molar-refractivity contribution in [2.75, 3.05) is 26.2 Å². The first-order valence-corrected chi connectivity index (χ1v) is 11.2. The van der Waals surface area contributed by atoms with E-state index in [4.69, 9.17) is 4.74 Å². The van der Waals surface area contributed by atoms with Crippen LogP contribution in [0.2, 0.25) is 0 Å². The molecule has 1 saturated heterocycles. The van der Waals surface area contributed by atoms with Crippen LogP contribution < -0.4 is 15.4 Å². The molecule has 0 spiro atoms. The highest BCUT2D eigenvalue weighted by Gasteiger charge is 2.43. The van der Waals surface area contributed by atoms with Crippen molar-refractivity contribution < 1.29 is 14.3 Å². The fourth-order valence-corrected chi connectivity index (χ4v) is 3.65. The number of hydrogen-bond acceptors (Lipinski definition) is 4. The number of ether oxygens (including phenoxy) is 1. The molecule has 0 bridgehead atoms. The molecule has 0 aromatic heterocycles. The van der Waals surface area contributed by atoms with Crippen molar-refractivity contribution in [1.82, 2.24) is 15.5 Å². The Morgan fingerprint density at radius 1 is 1.23 bits per heavy atom. The lowest BCUT2D eigenvalue weighted by atomic mass is 10.0. The van der Waals surface area contributed by atoms with E-state index in [1.165, 1.54) is 18.4 Å². The number of nitrogens with one attached hydrogen (secondary N) is 2. The summed E-state index contributed by atoms with van der Waals surface area (Å²) in [6, 6.07) is 8.24. The Kier molecular flexibility index (Phi) is 7.91. The van der Waals surface area contributed by atoms with Crippen LogP contribution in [0.5, 0.6) is 5.75 Å². The highest BCUT2D eigenvalue weighted by atomic mass is 16.5. The van der Waals surface area contributed by atoms with Crippen molar-refractivity contribution in [2.45, 2.75) is 57.9 Å². The van der Waals surface area contributed by atoms with Crippen LogP contribution >= 0.6 is 0 Å². The molecule has 3 amide bonds. The number of allylic oxidation sites excluding steroid dienone is 1. The quantitative estimate of drug-likeness (QED) is 0.402. The van der Waals surface area contributed by atoms with E-state index in [0.717, 1.165) is 38.2 Å². The van der Waals surface area contributed by atoms with Crippen molar-refractivity contribution in [3.05, 3.63) is 42.0 Å². The summed E-state index contributed by atoms with van der Waals surface area (Å²) >= 11 is 0. The molecular weight excluding hydrogens is 378 g/mol. The summed E-state index contributed by atoms with van der Waals surface area (Å²) < 4.78 is 5.89. The van der Waals surface area contributed by atoms with E-state index < -0.39 is 0 Å². The van der Waals surface area contributed by atoms with E-state index in [-0.39, 0.29) is 17.5 Å². The third-order valence-electron chi connectivity index (χ3n) is 5.62. The standard InChI is InChI=1S/C24H35N3O3/c1-19(2)18-30-21-10-8-9-20(17-21)24(12-13-24)25-14-6-4-3-5-7-15-27-16-11-22(28)26-23(27)29/h5,7-10,17,19,25H,3-4,6,11-16,18H2,1-2H3,(H,26,28,29)/b7-5+. The molecule has 1 aliphatic carbocycles. The second kappa shape index (κ2) is 10.6. The Labute approximate surface area is 180 Å². The van der Waals surface area contributed by atoms with Gasteiger partial charge in [0.2, 0.25) is 5.91 Å². The summed E-state index contributed by atoms with van der Waals surface area (Å²) in [6.45, 7) is 7.14. The van der Waals surface area contributed by atoms with E-state index in [1.807, 2.05) is 12.1 Å². The number of imide groups is 1. The summed E-state index contributed by atoms with van der Waals surface area (Å²) in [7, 11) is 0. The topological polar surface area (TPSA) is 70.7 Å². The normalized spacial score (nSPS) is 18.2. The van der Waals surface area contributed by atoms with Gasteiger partial charge < -0.3 is 15.0 Å². The van der Waals surface area contributed by atoms with E-state index in [0.29, 0.717) is 25.4 Å². The zero-order valence-corrected chi connectivity index (χ0v) is 18.3. The zero-order chi connectivity index (χ0) is 21.4. The van der Waals surface area contributed by atoms with E-state index in [9.17, 15) is 9.59 Å². The van der Waals surface area contributed by atoms with Gasteiger partial charge in [-0.3, -0.25) is 10.1 Å². The highest BCUT2D eigenvalue weighted by molar-refractivity contribution is 5.96. The first-order chi connectivity index (χ1) is 14.5. The molecule has 30 heavy (non-hydrogen) atoms. The molecule has 1 aromatic rings. The fourth-order valence-electron chi connectivity index (χ4n) is 3.65. The Morgan fingerprint density at radius 2 is 2.07 bits per heavy atom. The molecule has 0 unspecified atom stereocenters. The Balaban J connectivity index is 1.32. The maximum Gasteiger partial charge on any atom is 0.324 e. The van der Waals surface area contributed by atoms with Gasteiger partial charge in [-0.25, -0.2) is 4.79 Å². The lowest BCUT2D eigenvalue weighted by Gasteiger charge is -2.25. The van der Waals surface area contributed by atoms with E-state index in [1.54, 1.807) is 4.90 Å². The smallest absolute Gasteiger partial charge is 0.324 e. The average molecular weight is 414 g/mol. The van der Waals surface area contributed by atoms with Gasteiger partial charge in [0.15, 0.2) is 0 Å². The van der Waals surface area contributed by atoms with Crippen LogP contribution in [0.25, 0.3) is 0 Å². The SMILES string of the molecule is CC(C)COc1cccc(C2(NCCCC/C=C/CN3CCC(=O)NC3=O)CC2)c1. The number of carbonyl (C=O) groups excluding carboxylic acids is 2. The summed E-state index contributed by atoms with van der Waals surface area (Å²) in [5.74, 6) is 1.30. The molecule has 2 fully saturated rings. The molecule has 1 heterocycles. The summed E-state index contributed by atoms with van der Waals surface area (Å²) in [5.41, 5.74) is 1.47. The van der Waals surface area contributed by atoms with Crippen molar-refractivity contribution in [2.24, 2.45) is 5.92 Å². The minimum Gasteiger partial charge on any atom is -0.493 e. The molecule has 6 nitrogen and oxygen atoms in total. The van der Waals surface area contributed by atoms with Crippen molar-refractivity contribution >= 4 is 11.9 Å². The maximum atomic E-state index is 11.7. The molecule has 164 valence electrons. The number of unbranched alkanes of at least 4 members (excludes halogenated alkanes) is 2. The molecule has 3 rings (SSSR count). The second-order valence-corrected chi connectivity index (χ2v) is 8.76. The minimum absolute atomic E-state index is 0.131. The molecule has 6 heteroatoms. The molecule has 0 radical (unpaired) electrons. The van der Waals surface area contributed by atoms with Crippen LogP contribution in [-0.2, 0) is 10.3 Å². The molecule has 0 atom stereocenters. The molecule has 1 saturated carbocycles. The Hall–Kier alpha value is -2.34. The van der Waals surface area contributed by atoms with Crippen LogP contribution in [0.1, 0.15) is 57.9 Å². The third-order valence-corrected chi connectivity index (χ3v) is 5.62. The first-order valence-electron chi connectivity index (χ1n) is 11.2. The van der Waals surface area contributed by atoms with Gasteiger partial charge in [0.25, 0.3) is 0 Å². The second-order valence-electron chi connectivity index (χ2n) is 8.76. The lowest BCUT2D eigenvalue weighted by molar-refractivity contribution is -0.121. The van der Waals surface area contributed by atoms with Crippen LogP contribution in [0.4, 0.5) is 4.79 Å². The summed E-state index contributed by atoms with van der Waals surface area (Å²) in [6.07, 6.45) is 10.1. The summed E-state index contributed by atoms with van der Waals surface area (Å²) in [5, 5.41) is 6.10. The monoisotopic (exact) mass is 413 g/mol. The zero-order valence-electron chi connectivity index (χ0n) is 18.3.